The van der Waals surface area contributed by atoms with Crippen molar-refractivity contribution < 1.29 is 0 Å². The summed E-state index contributed by atoms with van der Waals surface area (Å²) < 4.78 is 0. The van der Waals surface area contributed by atoms with Gasteiger partial charge in [-0.1, -0.05) is 38.0 Å². The van der Waals surface area contributed by atoms with Gasteiger partial charge in [-0.15, -0.1) is 0 Å². The van der Waals surface area contributed by atoms with E-state index in [0.29, 0.717) is 0 Å². The Morgan fingerprint density at radius 2 is 2.27 bits per heavy atom. The number of nitrogens with zero attached hydrogens (tertiary/aromatic N) is 1. The zero-order valence-electron chi connectivity index (χ0n) is 9.50. The maximum Gasteiger partial charge on any atom is 0.0991 e. The van der Waals surface area contributed by atoms with Crippen LogP contribution in [0, 0.1) is 17.2 Å². The van der Waals surface area contributed by atoms with Crippen molar-refractivity contribution >= 4 is 0 Å². The van der Waals surface area contributed by atoms with Gasteiger partial charge in [-0.05, 0) is 37.3 Å². The van der Waals surface area contributed by atoms with Crippen LogP contribution in [0.4, 0.5) is 0 Å². The lowest BCUT2D eigenvalue weighted by molar-refractivity contribution is 0.358. The first kappa shape index (κ1) is 11.8. The van der Waals surface area contributed by atoms with E-state index in [-0.39, 0.29) is 0 Å². The Bertz CT molecular complexity index is 311. The molecule has 0 amide bonds. The normalized spacial score (nSPS) is 18.1. The first-order valence-corrected chi connectivity index (χ1v) is 5.75. The van der Waals surface area contributed by atoms with E-state index in [4.69, 9.17) is 5.26 Å². The first-order chi connectivity index (χ1) is 7.31. The van der Waals surface area contributed by atoms with Crippen LogP contribution in [-0.4, -0.2) is 0 Å². The van der Waals surface area contributed by atoms with Crippen LogP contribution >= 0.6 is 0 Å². The summed E-state index contributed by atoms with van der Waals surface area (Å²) in [5, 5.41) is 8.94. The fraction of sp³-hybridized carbons (Fsp3) is 0.500. The summed E-state index contributed by atoms with van der Waals surface area (Å²) in [5.74, 6) is 0.742. The van der Waals surface area contributed by atoms with Crippen LogP contribution in [0.2, 0.25) is 0 Å². The van der Waals surface area contributed by atoms with Gasteiger partial charge in [0.1, 0.15) is 0 Å². The molecule has 0 spiro atoms. The molecule has 0 heterocycles. The van der Waals surface area contributed by atoms with Crippen molar-refractivity contribution in [3.05, 3.63) is 36.0 Å². The maximum absolute atomic E-state index is 8.94. The monoisotopic (exact) mass is 201 g/mol. The third-order valence-corrected chi connectivity index (χ3v) is 2.94. The summed E-state index contributed by atoms with van der Waals surface area (Å²) in [6, 6.07) is 2.21. The van der Waals surface area contributed by atoms with Gasteiger partial charge in [-0.25, -0.2) is 0 Å². The number of nitriles is 1. The standard InChI is InChI=1S/C14H19N/c1-3-6-12(11-15)10-14(7-4-2)13-8-5-9-13/h3,6,10,13H,1,4-5,7-9H2,2H3/b12-6+,14-10+. The van der Waals surface area contributed by atoms with Gasteiger partial charge in [0, 0.05) is 0 Å². The molecule has 1 nitrogen and oxygen atoms in total. The van der Waals surface area contributed by atoms with Crippen LogP contribution in [0.15, 0.2) is 36.0 Å². The Labute approximate surface area is 92.8 Å². The number of hydrogen-bond acceptors (Lipinski definition) is 1. The highest BCUT2D eigenvalue weighted by atomic mass is 14.3. The second kappa shape index (κ2) is 6.24. The lowest BCUT2D eigenvalue weighted by atomic mass is 9.77. The van der Waals surface area contributed by atoms with Crippen molar-refractivity contribution in [2.45, 2.75) is 39.0 Å². The lowest BCUT2D eigenvalue weighted by Gasteiger charge is -2.28. The Morgan fingerprint density at radius 1 is 1.53 bits per heavy atom. The molecular weight excluding hydrogens is 182 g/mol. The minimum atomic E-state index is 0.736. The minimum Gasteiger partial charge on any atom is -0.192 e. The van der Waals surface area contributed by atoms with Gasteiger partial charge in [-0.2, -0.15) is 5.26 Å². The van der Waals surface area contributed by atoms with Crippen LogP contribution in [0.5, 0.6) is 0 Å². The molecule has 0 radical (unpaired) electrons. The van der Waals surface area contributed by atoms with Gasteiger partial charge < -0.3 is 0 Å². The molecule has 0 bridgehead atoms. The zero-order chi connectivity index (χ0) is 11.1. The van der Waals surface area contributed by atoms with Crippen LogP contribution in [-0.2, 0) is 0 Å². The average Bonchev–Trinajstić information content (AvgIpc) is 2.14. The first-order valence-electron chi connectivity index (χ1n) is 5.75. The molecule has 0 unspecified atom stereocenters. The fourth-order valence-corrected chi connectivity index (χ4v) is 1.91. The topological polar surface area (TPSA) is 23.8 Å². The molecule has 1 saturated carbocycles. The largest absolute Gasteiger partial charge is 0.192 e. The number of hydrogen-bond donors (Lipinski definition) is 0. The molecule has 0 atom stereocenters. The molecule has 1 aliphatic rings. The Kier molecular flexibility index (Phi) is 4.90. The highest BCUT2D eigenvalue weighted by molar-refractivity contribution is 5.38. The summed E-state index contributed by atoms with van der Waals surface area (Å²) in [4.78, 5) is 0. The molecule has 0 aliphatic heterocycles. The van der Waals surface area contributed by atoms with E-state index in [1.165, 1.54) is 24.8 Å². The van der Waals surface area contributed by atoms with E-state index < -0.39 is 0 Å². The SMILES string of the molecule is C=C/C=C(C#N)\C=C(/CCC)C1CCC1. The van der Waals surface area contributed by atoms with Gasteiger partial charge in [0.2, 0.25) is 0 Å². The number of allylic oxidation sites excluding steroid dienone is 5. The smallest absolute Gasteiger partial charge is 0.0991 e. The second-order valence-electron chi connectivity index (χ2n) is 4.07. The van der Waals surface area contributed by atoms with Crippen molar-refractivity contribution in [2.24, 2.45) is 5.92 Å². The second-order valence-corrected chi connectivity index (χ2v) is 4.07. The van der Waals surface area contributed by atoms with Gasteiger partial charge >= 0.3 is 0 Å². The molecule has 1 rings (SSSR count). The van der Waals surface area contributed by atoms with E-state index in [9.17, 15) is 0 Å². The molecule has 0 aromatic rings. The molecule has 0 aromatic carbocycles. The molecule has 0 aromatic heterocycles. The minimum absolute atomic E-state index is 0.736. The van der Waals surface area contributed by atoms with E-state index in [0.717, 1.165) is 24.3 Å². The van der Waals surface area contributed by atoms with Gasteiger partial charge in [0.05, 0.1) is 11.6 Å². The van der Waals surface area contributed by atoms with Crippen molar-refractivity contribution in [2.75, 3.05) is 0 Å². The van der Waals surface area contributed by atoms with Crippen molar-refractivity contribution in [1.29, 1.82) is 5.26 Å². The van der Waals surface area contributed by atoms with E-state index in [1.807, 2.05) is 0 Å². The summed E-state index contributed by atoms with van der Waals surface area (Å²) in [6.07, 6.45) is 11.8. The lowest BCUT2D eigenvalue weighted by Crippen LogP contribution is -2.13. The fourth-order valence-electron chi connectivity index (χ4n) is 1.91. The zero-order valence-corrected chi connectivity index (χ0v) is 9.50. The van der Waals surface area contributed by atoms with Crippen LogP contribution in [0.3, 0.4) is 0 Å². The van der Waals surface area contributed by atoms with E-state index >= 15 is 0 Å². The van der Waals surface area contributed by atoms with Crippen LogP contribution in [0.25, 0.3) is 0 Å². The predicted molar refractivity (Wildman–Crippen MR) is 64.2 cm³/mol. The average molecular weight is 201 g/mol. The molecule has 0 saturated heterocycles. The van der Waals surface area contributed by atoms with Crippen LogP contribution in [0.1, 0.15) is 39.0 Å². The van der Waals surface area contributed by atoms with Crippen LogP contribution < -0.4 is 0 Å². The van der Waals surface area contributed by atoms with Gasteiger partial charge in [-0.3, -0.25) is 0 Å². The summed E-state index contributed by atoms with van der Waals surface area (Å²) in [5.41, 5.74) is 2.19. The third kappa shape index (κ3) is 3.40. The van der Waals surface area contributed by atoms with Crippen molar-refractivity contribution in [1.82, 2.24) is 0 Å². The van der Waals surface area contributed by atoms with Crippen molar-refractivity contribution in [3.8, 4) is 6.07 Å². The van der Waals surface area contributed by atoms with Crippen molar-refractivity contribution in [3.63, 3.8) is 0 Å². The number of rotatable bonds is 5. The Morgan fingerprint density at radius 3 is 2.67 bits per heavy atom. The Hall–Kier alpha value is -1.29. The molecule has 80 valence electrons. The molecule has 1 fully saturated rings. The third-order valence-electron chi connectivity index (χ3n) is 2.94. The summed E-state index contributed by atoms with van der Waals surface area (Å²) in [7, 11) is 0. The Balaban J connectivity index is 2.76. The molecule has 15 heavy (non-hydrogen) atoms. The summed E-state index contributed by atoms with van der Waals surface area (Å²) >= 11 is 0. The molecule has 1 aliphatic carbocycles. The molecule has 0 N–H and O–H groups in total. The van der Waals surface area contributed by atoms with Gasteiger partial charge in [0.25, 0.3) is 0 Å². The maximum atomic E-state index is 8.94. The quantitative estimate of drug-likeness (QED) is 0.484. The van der Waals surface area contributed by atoms with Gasteiger partial charge in [0.15, 0.2) is 0 Å². The molecule has 1 heteroatoms. The highest BCUT2D eigenvalue weighted by Gasteiger charge is 2.21. The summed E-state index contributed by atoms with van der Waals surface area (Å²) in [6.45, 7) is 5.81. The van der Waals surface area contributed by atoms with E-state index in [2.05, 4.69) is 25.6 Å². The highest BCUT2D eigenvalue weighted by Crippen LogP contribution is 2.35. The van der Waals surface area contributed by atoms with E-state index in [1.54, 1.807) is 12.2 Å². The predicted octanol–water partition coefficient (Wildman–Crippen LogP) is 4.15. The molecular formula is C14H19N.